The van der Waals surface area contributed by atoms with E-state index in [1.54, 1.807) is 13.3 Å². The van der Waals surface area contributed by atoms with Gasteiger partial charge in [0.05, 0.1) is 18.5 Å². The van der Waals surface area contributed by atoms with Crippen LogP contribution in [0.15, 0.2) is 12.3 Å². The second-order valence-corrected chi connectivity index (χ2v) is 6.90. The van der Waals surface area contributed by atoms with Gasteiger partial charge in [0.2, 0.25) is 5.88 Å². The maximum absolute atomic E-state index is 12.8. The molecule has 0 spiro atoms. The van der Waals surface area contributed by atoms with Gasteiger partial charge in [0.1, 0.15) is 5.60 Å². The molecule has 0 aromatic carbocycles. The lowest BCUT2D eigenvalue weighted by Crippen LogP contribution is -2.47. The average Bonchev–Trinajstić information content (AvgIpc) is 2.56. The van der Waals surface area contributed by atoms with E-state index in [2.05, 4.69) is 24.1 Å². The molecule has 1 heterocycles. The van der Waals surface area contributed by atoms with Crippen LogP contribution in [0.4, 0.5) is 5.69 Å². The van der Waals surface area contributed by atoms with E-state index in [4.69, 9.17) is 9.47 Å². The van der Waals surface area contributed by atoms with E-state index in [1.807, 2.05) is 13.0 Å². The van der Waals surface area contributed by atoms with E-state index in [0.29, 0.717) is 24.1 Å². The number of hydrogen-bond donors (Lipinski definition) is 1. The van der Waals surface area contributed by atoms with E-state index < -0.39 is 5.60 Å². The first-order valence-electron chi connectivity index (χ1n) is 8.97. The van der Waals surface area contributed by atoms with E-state index in [-0.39, 0.29) is 5.91 Å². The second-order valence-electron chi connectivity index (χ2n) is 6.90. The van der Waals surface area contributed by atoms with Gasteiger partial charge in [-0.1, -0.05) is 26.7 Å². The third kappa shape index (κ3) is 4.47. The summed E-state index contributed by atoms with van der Waals surface area (Å²) in [5.41, 5.74) is 0.893. The number of nitrogens with one attached hydrogen (secondary N) is 1. The molecule has 134 valence electrons. The fourth-order valence-corrected chi connectivity index (χ4v) is 3.33. The Hall–Kier alpha value is -1.62. The Labute approximate surface area is 145 Å². The number of rotatable bonds is 7. The first kappa shape index (κ1) is 18.7. The minimum atomic E-state index is -0.720. The van der Waals surface area contributed by atoms with Gasteiger partial charge in [0, 0.05) is 12.7 Å². The number of nitrogens with zero attached hydrogens (tertiary/aromatic N) is 1. The van der Waals surface area contributed by atoms with Crippen LogP contribution in [0, 0.1) is 12.8 Å². The number of amides is 1. The third-order valence-corrected chi connectivity index (χ3v) is 4.79. The Bertz CT molecular complexity index is 562. The Morgan fingerprint density at radius 2 is 2.29 bits per heavy atom. The fraction of sp³-hybridized carbons (Fsp3) is 0.684. The summed E-state index contributed by atoms with van der Waals surface area (Å²) in [6.45, 7) is 6.91. The Balaban J connectivity index is 2.04. The second kappa shape index (κ2) is 8.47. The van der Waals surface area contributed by atoms with Crippen molar-refractivity contribution in [1.29, 1.82) is 0 Å². The van der Waals surface area contributed by atoms with E-state index in [0.717, 1.165) is 44.1 Å². The van der Waals surface area contributed by atoms with Crippen LogP contribution in [0.5, 0.6) is 5.88 Å². The number of methoxy groups -OCH3 is 1. The number of unbranched alkanes of at least 4 members (excludes halogenated alkanes) is 1. The minimum Gasteiger partial charge on any atom is -0.477 e. The van der Waals surface area contributed by atoms with Crippen molar-refractivity contribution in [2.45, 2.75) is 64.9 Å². The van der Waals surface area contributed by atoms with Crippen LogP contribution in [0.3, 0.4) is 0 Å². The highest BCUT2D eigenvalue weighted by Gasteiger charge is 2.42. The van der Waals surface area contributed by atoms with Crippen molar-refractivity contribution in [2.75, 3.05) is 19.0 Å². The van der Waals surface area contributed by atoms with Crippen molar-refractivity contribution in [1.82, 2.24) is 4.98 Å². The molecule has 2 atom stereocenters. The third-order valence-electron chi connectivity index (χ3n) is 4.79. The van der Waals surface area contributed by atoms with Crippen LogP contribution >= 0.6 is 0 Å². The van der Waals surface area contributed by atoms with Crippen molar-refractivity contribution in [2.24, 2.45) is 5.92 Å². The average molecular weight is 334 g/mol. The van der Waals surface area contributed by atoms with Crippen LogP contribution in [0.2, 0.25) is 0 Å². The quantitative estimate of drug-likeness (QED) is 0.763. The summed E-state index contributed by atoms with van der Waals surface area (Å²) < 4.78 is 11.3. The predicted octanol–water partition coefficient (Wildman–Crippen LogP) is 4.10. The first-order valence-corrected chi connectivity index (χ1v) is 8.97. The van der Waals surface area contributed by atoms with Crippen LogP contribution in [0.1, 0.15) is 57.9 Å². The van der Waals surface area contributed by atoms with Crippen molar-refractivity contribution < 1.29 is 14.3 Å². The lowest BCUT2D eigenvalue weighted by molar-refractivity contribution is -0.143. The van der Waals surface area contributed by atoms with Gasteiger partial charge >= 0.3 is 0 Å². The zero-order valence-corrected chi connectivity index (χ0v) is 15.4. The normalized spacial score (nSPS) is 23.8. The van der Waals surface area contributed by atoms with Crippen molar-refractivity contribution >= 4 is 11.6 Å². The lowest BCUT2D eigenvalue weighted by Gasteiger charge is -2.37. The van der Waals surface area contributed by atoms with Crippen molar-refractivity contribution in [3.05, 3.63) is 17.8 Å². The molecule has 1 amide bonds. The molecule has 24 heavy (non-hydrogen) atoms. The van der Waals surface area contributed by atoms with Crippen LogP contribution in [0.25, 0.3) is 0 Å². The van der Waals surface area contributed by atoms with Gasteiger partial charge < -0.3 is 14.8 Å². The van der Waals surface area contributed by atoms with Gasteiger partial charge in [-0.15, -0.1) is 0 Å². The first-order chi connectivity index (χ1) is 11.5. The fourth-order valence-electron chi connectivity index (χ4n) is 3.33. The molecule has 2 rings (SSSR count). The molecule has 5 nitrogen and oxygen atoms in total. The molecular weight excluding hydrogens is 304 g/mol. The Morgan fingerprint density at radius 3 is 2.92 bits per heavy atom. The van der Waals surface area contributed by atoms with E-state index >= 15 is 0 Å². The van der Waals surface area contributed by atoms with Crippen LogP contribution in [-0.4, -0.2) is 30.2 Å². The van der Waals surface area contributed by atoms with Gasteiger partial charge in [-0.3, -0.25) is 4.79 Å². The lowest BCUT2D eigenvalue weighted by atomic mass is 9.78. The van der Waals surface area contributed by atoms with Gasteiger partial charge in [-0.05, 0) is 44.6 Å². The molecule has 1 aliphatic carbocycles. The number of carbonyl (C=O) groups is 1. The molecule has 5 heteroatoms. The molecule has 1 aromatic rings. The highest BCUT2D eigenvalue weighted by molar-refractivity contribution is 5.97. The molecule has 0 unspecified atom stereocenters. The van der Waals surface area contributed by atoms with Gasteiger partial charge in [0.25, 0.3) is 5.91 Å². The largest absolute Gasteiger partial charge is 0.477 e. The van der Waals surface area contributed by atoms with Crippen LogP contribution in [-0.2, 0) is 9.53 Å². The minimum absolute atomic E-state index is 0.0719. The maximum Gasteiger partial charge on any atom is 0.256 e. The summed E-state index contributed by atoms with van der Waals surface area (Å²) in [5, 5.41) is 2.98. The van der Waals surface area contributed by atoms with E-state index in [1.165, 1.54) is 0 Å². The smallest absolute Gasteiger partial charge is 0.256 e. The predicted molar refractivity (Wildman–Crippen MR) is 95.4 cm³/mol. The molecule has 0 bridgehead atoms. The summed E-state index contributed by atoms with van der Waals surface area (Å²) in [4.78, 5) is 17.1. The van der Waals surface area contributed by atoms with Crippen molar-refractivity contribution in [3.63, 3.8) is 0 Å². The van der Waals surface area contributed by atoms with Gasteiger partial charge in [-0.2, -0.15) is 0 Å². The molecule has 0 saturated heterocycles. The SMILES string of the molecule is CCCCOc1ncc(NC(=O)[C@]2(OC)CCC[C@@H](C)C2)cc1C. The zero-order chi connectivity index (χ0) is 17.6. The number of pyridine rings is 1. The monoisotopic (exact) mass is 334 g/mol. The summed E-state index contributed by atoms with van der Waals surface area (Å²) in [5.74, 6) is 1.06. The summed E-state index contributed by atoms with van der Waals surface area (Å²) in [6.07, 6.45) is 7.46. The van der Waals surface area contributed by atoms with Crippen molar-refractivity contribution in [3.8, 4) is 5.88 Å². The Morgan fingerprint density at radius 1 is 1.50 bits per heavy atom. The zero-order valence-electron chi connectivity index (χ0n) is 15.4. The van der Waals surface area contributed by atoms with E-state index in [9.17, 15) is 4.79 Å². The highest BCUT2D eigenvalue weighted by Crippen LogP contribution is 2.35. The molecular formula is C19H30N2O3. The molecule has 0 radical (unpaired) electrons. The molecule has 1 aromatic heterocycles. The number of ether oxygens (including phenoxy) is 2. The van der Waals surface area contributed by atoms with Gasteiger partial charge in [0.15, 0.2) is 0 Å². The van der Waals surface area contributed by atoms with Gasteiger partial charge in [-0.25, -0.2) is 4.98 Å². The summed E-state index contributed by atoms with van der Waals surface area (Å²) >= 11 is 0. The Kier molecular flexibility index (Phi) is 6.60. The number of anilines is 1. The standard InChI is InChI=1S/C19H30N2O3/c1-5-6-10-24-17-15(3)11-16(13-20-17)21-18(22)19(23-4)9-7-8-14(2)12-19/h11,13-14H,5-10,12H2,1-4H3,(H,21,22)/t14-,19+/m1/s1. The number of aryl methyl sites for hydroxylation is 1. The maximum atomic E-state index is 12.8. The highest BCUT2D eigenvalue weighted by atomic mass is 16.5. The summed E-state index contributed by atoms with van der Waals surface area (Å²) in [6, 6.07) is 1.90. The topological polar surface area (TPSA) is 60.5 Å². The molecule has 1 aliphatic rings. The van der Waals surface area contributed by atoms with Crippen LogP contribution < -0.4 is 10.1 Å². The number of aromatic nitrogens is 1. The molecule has 1 N–H and O–H groups in total. The number of hydrogen-bond acceptors (Lipinski definition) is 4. The molecule has 0 aliphatic heterocycles. The molecule has 1 fully saturated rings. The molecule has 1 saturated carbocycles. The summed E-state index contributed by atoms with van der Waals surface area (Å²) in [7, 11) is 1.63. The number of carbonyl (C=O) groups excluding carboxylic acids is 1.